The summed E-state index contributed by atoms with van der Waals surface area (Å²) in [4.78, 5) is 16.9. The third-order valence-corrected chi connectivity index (χ3v) is 6.54. The van der Waals surface area contributed by atoms with Gasteiger partial charge < -0.3 is 15.0 Å². The maximum absolute atomic E-state index is 12.9. The van der Waals surface area contributed by atoms with Gasteiger partial charge in [-0.05, 0) is 48.7 Å². The number of anilines is 1. The van der Waals surface area contributed by atoms with Crippen LogP contribution in [0.15, 0.2) is 60.7 Å². The first-order valence-corrected chi connectivity index (χ1v) is 10.8. The van der Waals surface area contributed by atoms with Gasteiger partial charge in [-0.2, -0.15) is 5.26 Å². The molecule has 3 aromatic rings. The van der Waals surface area contributed by atoms with E-state index in [9.17, 15) is 4.79 Å². The van der Waals surface area contributed by atoms with Gasteiger partial charge in [-0.3, -0.25) is 4.79 Å². The Labute approximate surface area is 180 Å². The van der Waals surface area contributed by atoms with Crippen LogP contribution in [0.25, 0.3) is 10.4 Å². The molecule has 1 fully saturated rings. The lowest BCUT2D eigenvalue weighted by molar-refractivity contribution is 0.0932. The van der Waals surface area contributed by atoms with Gasteiger partial charge in [0.05, 0.1) is 18.7 Å². The number of carbonyl (C=O) groups is 1. The maximum Gasteiger partial charge on any atom is 0.265 e. The lowest BCUT2D eigenvalue weighted by Crippen LogP contribution is -2.44. The first-order valence-electron chi connectivity index (χ1n) is 9.97. The van der Waals surface area contributed by atoms with E-state index in [1.54, 1.807) is 7.11 Å². The number of thiophene rings is 1. The predicted molar refractivity (Wildman–Crippen MR) is 120 cm³/mol. The number of rotatable bonds is 5. The largest absolute Gasteiger partial charge is 0.495 e. The molecule has 1 aliphatic heterocycles. The van der Waals surface area contributed by atoms with Crippen molar-refractivity contribution in [3.8, 4) is 22.3 Å². The highest BCUT2D eigenvalue weighted by Gasteiger charge is 2.24. The molecular formula is C24H23N3O2S. The molecule has 0 atom stereocenters. The Morgan fingerprint density at radius 3 is 2.47 bits per heavy atom. The van der Waals surface area contributed by atoms with Crippen molar-refractivity contribution in [3.63, 3.8) is 0 Å². The van der Waals surface area contributed by atoms with Gasteiger partial charge in [0.1, 0.15) is 10.6 Å². The van der Waals surface area contributed by atoms with E-state index < -0.39 is 0 Å². The fraction of sp³-hybridized carbons (Fsp3) is 0.250. The molecule has 1 N–H and O–H groups in total. The van der Waals surface area contributed by atoms with Gasteiger partial charge in [0.2, 0.25) is 0 Å². The van der Waals surface area contributed by atoms with Gasteiger partial charge in [-0.25, -0.2) is 0 Å². The summed E-state index contributed by atoms with van der Waals surface area (Å²) >= 11 is 1.46. The molecule has 30 heavy (non-hydrogen) atoms. The van der Waals surface area contributed by atoms with Crippen LogP contribution >= 0.6 is 11.3 Å². The molecule has 0 radical (unpaired) electrons. The molecule has 5 nitrogen and oxygen atoms in total. The summed E-state index contributed by atoms with van der Waals surface area (Å²) in [6.45, 7) is 1.74. The predicted octanol–water partition coefficient (Wildman–Crippen LogP) is 4.69. The van der Waals surface area contributed by atoms with Gasteiger partial charge in [0.25, 0.3) is 5.91 Å². The van der Waals surface area contributed by atoms with E-state index in [0.717, 1.165) is 42.1 Å². The zero-order valence-corrected chi connectivity index (χ0v) is 17.6. The standard InChI is InChI=1S/C24H23N3O2S/c1-29-21-15-22(18-5-3-2-4-6-18)30-23(21)24(28)26-19-11-13-27(14-12-19)20-9-7-17(16-25)8-10-20/h2-10,15,19H,11-14H2,1H3,(H,26,28). The van der Waals surface area contributed by atoms with Crippen molar-refractivity contribution in [1.29, 1.82) is 5.26 Å². The highest BCUT2D eigenvalue weighted by Crippen LogP contribution is 2.36. The average Bonchev–Trinajstić information content (AvgIpc) is 3.25. The Morgan fingerprint density at radius 1 is 1.13 bits per heavy atom. The molecule has 4 rings (SSSR count). The fourth-order valence-electron chi connectivity index (χ4n) is 3.71. The smallest absolute Gasteiger partial charge is 0.265 e. The molecule has 1 aliphatic rings. The van der Waals surface area contributed by atoms with Crippen molar-refractivity contribution in [3.05, 3.63) is 71.1 Å². The van der Waals surface area contributed by atoms with Crippen molar-refractivity contribution in [2.45, 2.75) is 18.9 Å². The molecule has 6 heteroatoms. The number of nitrogens with zero attached hydrogens (tertiary/aromatic N) is 2. The number of nitriles is 1. The van der Waals surface area contributed by atoms with Crippen LogP contribution in [0.1, 0.15) is 28.1 Å². The first-order chi connectivity index (χ1) is 14.7. The number of amides is 1. The van der Waals surface area contributed by atoms with Crippen LogP contribution in [0.4, 0.5) is 5.69 Å². The first kappa shape index (κ1) is 20.0. The van der Waals surface area contributed by atoms with Gasteiger partial charge in [-0.15, -0.1) is 11.3 Å². The van der Waals surface area contributed by atoms with Gasteiger partial charge in [-0.1, -0.05) is 30.3 Å². The number of hydrogen-bond acceptors (Lipinski definition) is 5. The zero-order chi connectivity index (χ0) is 20.9. The fourth-order valence-corrected chi connectivity index (χ4v) is 4.74. The molecule has 2 heterocycles. The second-order valence-electron chi connectivity index (χ2n) is 7.27. The Balaban J connectivity index is 1.39. The molecular weight excluding hydrogens is 394 g/mol. The highest BCUT2D eigenvalue weighted by atomic mass is 32.1. The molecule has 2 aromatic carbocycles. The summed E-state index contributed by atoms with van der Waals surface area (Å²) in [7, 11) is 1.60. The van der Waals surface area contributed by atoms with E-state index >= 15 is 0 Å². The van der Waals surface area contributed by atoms with Crippen LogP contribution in [0.3, 0.4) is 0 Å². The van der Waals surface area contributed by atoms with Crippen molar-refractivity contribution < 1.29 is 9.53 Å². The average molecular weight is 418 g/mol. The lowest BCUT2D eigenvalue weighted by Gasteiger charge is -2.34. The quantitative estimate of drug-likeness (QED) is 0.654. The van der Waals surface area contributed by atoms with Crippen molar-refractivity contribution in [1.82, 2.24) is 5.32 Å². The Hall–Kier alpha value is -3.30. The Kier molecular flexibility index (Phi) is 6.01. The summed E-state index contributed by atoms with van der Waals surface area (Å²) in [5.41, 5.74) is 2.86. The van der Waals surface area contributed by atoms with Crippen molar-refractivity contribution >= 4 is 22.9 Å². The summed E-state index contributed by atoms with van der Waals surface area (Å²) in [6.07, 6.45) is 1.76. The Bertz CT molecular complexity index is 1050. The number of methoxy groups -OCH3 is 1. The summed E-state index contributed by atoms with van der Waals surface area (Å²) in [6, 6.07) is 21.9. The SMILES string of the molecule is COc1cc(-c2ccccc2)sc1C(=O)NC1CCN(c2ccc(C#N)cc2)CC1. The number of hydrogen-bond donors (Lipinski definition) is 1. The van der Waals surface area contributed by atoms with E-state index in [1.807, 2.05) is 60.7 Å². The van der Waals surface area contributed by atoms with Crippen LogP contribution in [-0.4, -0.2) is 32.1 Å². The zero-order valence-electron chi connectivity index (χ0n) is 16.8. The molecule has 0 bridgehead atoms. The second-order valence-corrected chi connectivity index (χ2v) is 8.32. The molecule has 0 aliphatic carbocycles. The van der Waals surface area contributed by atoms with Crippen LogP contribution in [0, 0.1) is 11.3 Å². The topological polar surface area (TPSA) is 65.4 Å². The molecule has 0 unspecified atom stereocenters. The van der Waals surface area contributed by atoms with Gasteiger partial charge in [0, 0.05) is 29.7 Å². The lowest BCUT2D eigenvalue weighted by atomic mass is 10.0. The van der Waals surface area contributed by atoms with Crippen molar-refractivity contribution in [2.75, 3.05) is 25.1 Å². The minimum absolute atomic E-state index is 0.0733. The summed E-state index contributed by atoms with van der Waals surface area (Å²) in [5, 5.41) is 12.1. The van der Waals surface area contributed by atoms with Crippen LogP contribution in [0.2, 0.25) is 0 Å². The van der Waals surface area contributed by atoms with E-state index in [1.165, 1.54) is 11.3 Å². The van der Waals surface area contributed by atoms with Gasteiger partial charge >= 0.3 is 0 Å². The van der Waals surface area contributed by atoms with E-state index in [4.69, 9.17) is 10.00 Å². The van der Waals surface area contributed by atoms with E-state index in [-0.39, 0.29) is 11.9 Å². The van der Waals surface area contributed by atoms with Crippen molar-refractivity contribution in [2.24, 2.45) is 0 Å². The third kappa shape index (κ3) is 4.32. The van der Waals surface area contributed by atoms with Gasteiger partial charge in [0.15, 0.2) is 0 Å². The minimum atomic E-state index is -0.0733. The van der Waals surface area contributed by atoms with Crippen LogP contribution < -0.4 is 15.0 Å². The number of piperidine rings is 1. The number of ether oxygens (including phenoxy) is 1. The number of nitrogens with one attached hydrogen (secondary N) is 1. The third-order valence-electron chi connectivity index (χ3n) is 5.37. The van der Waals surface area contributed by atoms with E-state index in [2.05, 4.69) is 16.3 Å². The monoisotopic (exact) mass is 417 g/mol. The molecule has 1 aromatic heterocycles. The summed E-state index contributed by atoms with van der Waals surface area (Å²) in [5.74, 6) is 0.544. The van der Waals surface area contributed by atoms with Crippen LogP contribution in [0.5, 0.6) is 5.75 Å². The Morgan fingerprint density at radius 2 is 1.83 bits per heavy atom. The highest BCUT2D eigenvalue weighted by molar-refractivity contribution is 7.17. The van der Waals surface area contributed by atoms with Crippen LogP contribution in [-0.2, 0) is 0 Å². The number of carbonyl (C=O) groups excluding carboxylic acids is 1. The second kappa shape index (κ2) is 9.02. The molecule has 1 amide bonds. The number of benzene rings is 2. The molecule has 0 saturated carbocycles. The summed E-state index contributed by atoms with van der Waals surface area (Å²) < 4.78 is 5.47. The maximum atomic E-state index is 12.9. The normalized spacial score (nSPS) is 14.2. The molecule has 0 spiro atoms. The molecule has 1 saturated heterocycles. The molecule has 152 valence electrons. The van der Waals surface area contributed by atoms with E-state index in [0.29, 0.717) is 16.2 Å². The minimum Gasteiger partial charge on any atom is -0.495 e.